The van der Waals surface area contributed by atoms with Crippen molar-refractivity contribution in [1.82, 2.24) is 20.5 Å². The zero-order valence-corrected chi connectivity index (χ0v) is 15.6. The van der Waals surface area contributed by atoms with Gasteiger partial charge in [0.15, 0.2) is 0 Å². The molecule has 6 nitrogen and oxygen atoms in total. The first-order chi connectivity index (χ1) is 13.1. The van der Waals surface area contributed by atoms with E-state index in [9.17, 15) is 4.79 Å². The Labute approximate surface area is 159 Å². The van der Waals surface area contributed by atoms with Crippen LogP contribution in [0.15, 0.2) is 54.7 Å². The average molecular weight is 364 g/mol. The first-order valence-corrected chi connectivity index (χ1v) is 9.04. The molecule has 0 aliphatic rings. The Hall–Kier alpha value is -3.15. The highest BCUT2D eigenvalue weighted by Crippen LogP contribution is 2.12. The van der Waals surface area contributed by atoms with E-state index in [1.54, 1.807) is 12.3 Å². The van der Waals surface area contributed by atoms with Crippen LogP contribution in [0.25, 0.3) is 0 Å². The molecular weight excluding hydrogens is 340 g/mol. The summed E-state index contributed by atoms with van der Waals surface area (Å²) in [5.74, 6) is 0.835. The Kier molecular flexibility index (Phi) is 6.20. The first-order valence-electron chi connectivity index (χ1n) is 9.04. The van der Waals surface area contributed by atoms with Crippen LogP contribution in [0.3, 0.4) is 0 Å². The average Bonchev–Trinajstić information content (AvgIpc) is 3.13. The number of pyridine rings is 1. The fraction of sp³-hybridized carbons (Fsp3) is 0.286. The van der Waals surface area contributed by atoms with Crippen molar-refractivity contribution in [2.75, 3.05) is 0 Å². The maximum Gasteiger partial charge on any atom is 0.272 e. The zero-order valence-electron chi connectivity index (χ0n) is 15.6. The van der Waals surface area contributed by atoms with Gasteiger partial charge in [-0.1, -0.05) is 44.2 Å². The second-order valence-electron chi connectivity index (χ2n) is 6.84. The van der Waals surface area contributed by atoms with Gasteiger partial charge in [0.05, 0.1) is 0 Å². The summed E-state index contributed by atoms with van der Waals surface area (Å²) in [4.78, 5) is 16.5. The van der Waals surface area contributed by atoms with Crippen LogP contribution in [0.1, 0.15) is 41.2 Å². The lowest BCUT2D eigenvalue weighted by molar-refractivity contribution is 0.0946. The molecule has 0 saturated heterocycles. The topological polar surface area (TPSA) is 79.9 Å². The Morgan fingerprint density at radius 1 is 1.15 bits per heavy atom. The Bertz CT molecular complexity index is 875. The number of aromatic amines is 1. The molecule has 0 fully saturated rings. The van der Waals surface area contributed by atoms with E-state index in [4.69, 9.17) is 4.74 Å². The number of nitrogens with zero attached hydrogens (tertiary/aromatic N) is 2. The summed E-state index contributed by atoms with van der Waals surface area (Å²) in [5, 5.41) is 9.88. The zero-order chi connectivity index (χ0) is 19.1. The fourth-order valence-corrected chi connectivity index (χ4v) is 2.67. The predicted octanol–water partition coefficient (Wildman–Crippen LogP) is 3.51. The van der Waals surface area contributed by atoms with Gasteiger partial charge < -0.3 is 10.1 Å². The monoisotopic (exact) mass is 364 g/mol. The number of rotatable bonds is 8. The third-order valence-corrected chi connectivity index (χ3v) is 3.97. The molecule has 6 heteroatoms. The van der Waals surface area contributed by atoms with E-state index in [-0.39, 0.29) is 5.91 Å². The molecule has 1 aromatic carbocycles. The van der Waals surface area contributed by atoms with Crippen molar-refractivity contribution in [2.24, 2.45) is 5.92 Å². The van der Waals surface area contributed by atoms with Gasteiger partial charge >= 0.3 is 0 Å². The number of carbonyl (C=O) groups excluding carboxylic acids is 1. The molecule has 0 radical (unpaired) electrons. The second kappa shape index (κ2) is 8.98. The quantitative estimate of drug-likeness (QED) is 0.641. The normalized spacial score (nSPS) is 10.8. The third kappa shape index (κ3) is 5.67. The highest BCUT2D eigenvalue weighted by molar-refractivity contribution is 5.92. The number of nitrogens with one attached hydrogen (secondary N) is 2. The second-order valence-corrected chi connectivity index (χ2v) is 6.84. The molecule has 0 aliphatic carbocycles. The van der Waals surface area contributed by atoms with Gasteiger partial charge in [-0.25, -0.2) is 4.98 Å². The smallest absolute Gasteiger partial charge is 0.272 e. The maximum atomic E-state index is 12.3. The number of ether oxygens (including phenoxy) is 1. The highest BCUT2D eigenvalue weighted by atomic mass is 16.5. The van der Waals surface area contributed by atoms with Gasteiger partial charge in [0.25, 0.3) is 5.91 Å². The standard InChI is InChI=1S/C21H24N4O2/c1-15(2)10-18-12-19(25-24-18)21(26)23-13-17-8-9-22-20(11-17)27-14-16-6-4-3-5-7-16/h3-9,11-12,15H,10,13-14H2,1-2H3,(H,23,26)(H,24,25). The van der Waals surface area contributed by atoms with Crippen molar-refractivity contribution < 1.29 is 9.53 Å². The molecule has 140 valence electrons. The summed E-state index contributed by atoms with van der Waals surface area (Å²) in [6.45, 7) is 5.09. The molecule has 2 aromatic heterocycles. The van der Waals surface area contributed by atoms with E-state index < -0.39 is 0 Å². The van der Waals surface area contributed by atoms with Crippen molar-refractivity contribution in [2.45, 2.75) is 33.4 Å². The van der Waals surface area contributed by atoms with E-state index in [1.165, 1.54) is 0 Å². The van der Waals surface area contributed by atoms with Gasteiger partial charge in [0.2, 0.25) is 5.88 Å². The van der Waals surface area contributed by atoms with Crippen molar-refractivity contribution in [1.29, 1.82) is 0 Å². The number of amides is 1. The number of hydrogen-bond donors (Lipinski definition) is 2. The lowest BCUT2D eigenvalue weighted by Gasteiger charge is -2.08. The van der Waals surface area contributed by atoms with Gasteiger partial charge in [-0.3, -0.25) is 9.89 Å². The molecule has 0 saturated carbocycles. The van der Waals surface area contributed by atoms with Crippen molar-refractivity contribution >= 4 is 5.91 Å². The van der Waals surface area contributed by atoms with Crippen molar-refractivity contribution in [3.05, 3.63) is 77.2 Å². The molecule has 0 aliphatic heterocycles. The molecule has 3 aromatic rings. The molecule has 3 rings (SSSR count). The molecule has 2 heterocycles. The maximum absolute atomic E-state index is 12.3. The molecule has 0 spiro atoms. The summed E-state index contributed by atoms with van der Waals surface area (Å²) in [6, 6.07) is 15.4. The van der Waals surface area contributed by atoms with Gasteiger partial charge in [0.1, 0.15) is 12.3 Å². The van der Waals surface area contributed by atoms with Gasteiger partial charge in [-0.15, -0.1) is 0 Å². The molecule has 27 heavy (non-hydrogen) atoms. The largest absolute Gasteiger partial charge is 0.473 e. The summed E-state index contributed by atoms with van der Waals surface area (Å²) in [5.41, 5.74) is 3.36. The molecular formula is C21H24N4O2. The minimum Gasteiger partial charge on any atom is -0.473 e. The van der Waals surface area contributed by atoms with E-state index in [2.05, 4.69) is 34.3 Å². The number of aromatic nitrogens is 3. The Balaban J connectivity index is 1.53. The van der Waals surface area contributed by atoms with Crippen molar-refractivity contribution in [3.63, 3.8) is 0 Å². The first kappa shape index (κ1) is 18.6. The summed E-state index contributed by atoms with van der Waals surface area (Å²) >= 11 is 0. The summed E-state index contributed by atoms with van der Waals surface area (Å²) < 4.78 is 5.72. The van der Waals surface area contributed by atoms with Crippen LogP contribution in [-0.2, 0) is 19.6 Å². The van der Waals surface area contributed by atoms with Gasteiger partial charge in [-0.05, 0) is 35.6 Å². The predicted molar refractivity (Wildman–Crippen MR) is 103 cm³/mol. The number of carbonyl (C=O) groups is 1. The number of H-pyrrole nitrogens is 1. The van der Waals surface area contributed by atoms with Crippen LogP contribution < -0.4 is 10.1 Å². The Morgan fingerprint density at radius 3 is 2.74 bits per heavy atom. The molecule has 2 N–H and O–H groups in total. The van der Waals surface area contributed by atoms with Crippen LogP contribution in [-0.4, -0.2) is 21.1 Å². The summed E-state index contributed by atoms with van der Waals surface area (Å²) in [7, 11) is 0. The van der Waals surface area contributed by atoms with Crippen LogP contribution in [0, 0.1) is 5.92 Å². The van der Waals surface area contributed by atoms with E-state index in [0.29, 0.717) is 30.6 Å². The fourth-order valence-electron chi connectivity index (χ4n) is 2.67. The minimum absolute atomic E-state index is 0.204. The van der Waals surface area contributed by atoms with E-state index >= 15 is 0 Å². The van der Waals surface area contributed by atoms with E-state index in [1.807, 2.05) is 42.5 Å². The van der Waals surface area contributed by atoms with Crippen molar-refractivity contribution in [3.8, 4) is 5.88 Å². The number of hydrogen-bond acceptors (Lipinski definition) is 4. The molecule has 1 amide bonds. The third-order valence-electron chi connectivity index (χ3n) is 3.97. The van der Waals surface area contributed by atoms with Gasteiger partial charge in [0, 0.05) is 24.5 Å². The SMILES string of the molecule is CC(C)Cc1cc(C(=O)NCc2ccnc(OCc3ccccc3)c2)n[nH]1. The molecule has 0 atom stereocenters. The van der Waals surface area contributed by atoms with Crippen LogP contribution in [0.4, 0.5) is 0 Å². The number of benzene rings is 1. The highest BCUT2D eigenvalue weighted by Gasteiger charge is 2.11. The molecule has 0 bridgehead atoms. The van der Waals surface area contributed by atoms with Crippen LogP contribution >= 0.6 is 0 Å². The van der Waals surface area contributed by atoms with Crippen LogP contribution in [0.5, 0.6) is 5.88 Å². The molecule has 0 unspecified atom stereocenters. The Morgan fingerprint density at radius 2 is 1.96 bits per heavy atom. The minimum atomic E-state index is -0.204. The lowest BCUT2D eigenvalue weighted by atomic mass is 10.1. The van der Waals surface area contributed by atoms with Gasteiger partial charge in [-0.2, -0.15) is 5.10 Å². The lowest BCUT2D eigenvalue weighted by Crippen LogP contribution is -2.23. The summed E-state index contributed by atoms with van der Waals surface area (Å²) in [6.07, 6.45) is 2.55. The van der Waals surface area contributed by atoms with Crippen LogP contribution in [0.2, 0.25) is 0 Å². The van der Waals surface area contributed by atoms with E-state index in [0.717, 1.165) is 23.2 Å².